The first-order valence-corrected chi connectivity index (χ1v) is 7.78. The van der Waals surface area contributed by atoms with Gasteiger partial charge in [-0.15, -0.1) is 0 Å². The van der Waals surface area contributed by atoms with E-state index in [2.05, 4.69) is 36.7 Å². The van der Waals surface area contributed by atoms with Gasteiger partial charge in [0.15, 0.2) is 0 Å². The van der Waals surface area contributed by atoms with E-state index in [0.29, 0.717) is 12.0 Å². The van der Waals surface area contributed by atoms with Crippen LogP contribution < -0.4 is 4.90 Å². The molecule has 118 valence electrons. The van der Waals surface area contributed by atoms with Crippen LogP contribution in [0.25, 0.3) is 0 Å². The Balaban J connectivity index is 1.87. The molecule has 1 aromatic heterocycles. The molecule has 5 heteroatoms. The maximum atomic E-state index is 12.2. The van der Waals surface area contributed by atoms with E-state index in [1.54, 1.807) is 18.3 Å². The van der Waals surface area contributed by atoms with E-state index in [1.165, 1.54) is 0 Å². The van der Waals surface area contributed by atoms with Gasteiger partial charge in [0.05, 0.1) is 11.6 Å². The number of pyridine rings is 1. The minimum Gasteiger partial charge on any atom is -0.353 e. The zero-order valence-electron chi connectivity index (χ0n) is 13.7. The van der Waals surface area contributed by atoms with Crippen molar-refractivity contribution in [2.45, 2.75) is 33.6 Å². The van der Waals surface area contributed by atoms with Crippen LogP contribution in [0.5, 0.6) is 0 Å². The van der Waals surface area contributed by atoms with Crippen molar-refractivity contribution in [1.82, 2.24) is 9.88 Å². The molecule has 0 aliphatic carbocycles. The molecule has 0 radical (unpaired) electrons. The normalized spacial score (nSPS) is 15.5. The van der Waals surface area contributed by atoms with Crippen LogP contribution >= 0.6 is 0 Å². The summed E-state index contributed by atoms with van der Waals surface area (Å²) in [6.45, 7) is 9.46. The van der Waals surface area contributed by atoms with E-state index in [0.717, 1.165) is 38.4 Å². The van der Waals surface area contributed by atoms with Crippen molar-refractivity contribution in [2.24, 2.45) is 5.41 Å². The Morgan fingerprint density at radius 2 is 2.00 bits per heavy atom. The highest BCUT2D eigenvalue weighted by atomic mass is 16.2. The molecule has 0 unspecified atom stereocenters. The lowest BCUT2D eigenvalue weighted by Crippen LogP contribution is -2.49. The van der Waals surface area contributed by atoms with Crippen molar-refractivity contribution in [1.29, 1.82) is 5.26 Å². The molecule has 1 aromatic rings. The lowest BCUT2D eigenvalue weighted by atomic mass is 9.90. The van der Waals surface area contributed by atoms with E-state index in [9.17, 15) is 4.79 Å². The quantitative estimate of drug-likeness (QED) is 0.860. The topological polar surface area (TPSA) is 60.2 Å². The molecule has 1 aliphatic rings. The molecule has 0 aromatic carbocycles. The van der Waals surface area contributed by atoms with Crippen molar-refractivity contribution < 1.29 is 4.79 Å². The summed E-state index contributed by atoms with van der Waals surface area (Å²) in [5, 5.41) is 8.95. The number of aromatic nitrogens is 1. The van der Waals surface area contributed by atoms with Crippen LogP contribution in [-0.4, -0.2) is 42.0 Å². The lowest BCUT2D eigenvalue weighted by Gasteiger charge is -2.36. The van der Waals surface area contributed by atoms with Crippen molar-refractivity contribution in [3.05, 3.63) is 23.9 Å². The molecule has 1 aliphatic heterocycles. The Morgan fingerprint density at radius 1 is 1.32 bits per heavy atom. The van der Waals surface area contributed by atoms with E-state index in [4.69, 9.17) is 5.26 Å². The SMILES string of the molecule is CC(C)(C)CCC(=O)N1CCN(c2cc(C#N)ccn2)CC1. The molecular weight excluding hydrogens is 276 g/mol. The highest BCUT2D eigenvalue weighted by Crippen LogP contribution is 2.22. The van der Waals surface area contributed by atoms with Crippen LogP contribution in [0, 0.1) is 16.7 Å². The summed E-state index contributed by atoms with van der Waals surface area (Å²) >= 11 is 0. The third-order valence-electron chi connectivity index (χ3n) is 3.92. The lowest BCUT2D eigenvalue weighted by molar-refractivity contribution is -0.132. The average molecular weight is 300 g/mol. The van der Waals surface area contributed by atoms with Crippen molar-refractivity contribution >= 4 is 11.7 Å². The maximum absolute atomic E-state index is 12.2. The van der Waals surface area contributed by atoms with Crippen LogP contribution in [-0.2, 0) is 4.79 Å². The predicted molar refractivity (Wildman–Crippen MR) is 86.4 cm³/mol. The fourth-order valence-electron chi connectivity index (χ4n) is 2.49. The highest BCUT2D eigenvalue weighted by Gasteiger charge is 2.23. The van der Waals surface area contributed by atoms with Crippen LogP contribution in [0.15, 0.2) is 18.3 Å². The van der Waals surface area contributed by atoms with Gasteiger partial charge in [-0.25, -0.2) is 4.98 Å². The smallest absolute Gasteiger partial charge is 0.222 e. The average Bonchev–Trinajstić information content (AvgIpc) is 2.52. The number of rotatable bonds is 3. The molecule has 0 N–H and O–H groups in total. The molecule has 2 heterocycles. The molecule has 0 spiro atoms. The zero-order valence-corrected chi connectivity index (χ0v) is 13.7. The summed E-state index contributed by atoms with van der Waals surface area (Å²) in [5.41, 5.74) is 0.813. The Morgan fingerprint density at radius 3 is 2.59 bits per heavy atom. The Kier molecular flexibility index (Phi) is 5.02. The number of hydrogen-bond acceptors (Lipinski definition) is 4. The molecule has 1 amide bonds. The maximum Gasteiger partial charge on any atom is 0.222 e. The first kappa shape index (κ1) is 16.3. The first-order valence-electron chi connectivity index (χ1n) is 7.78. The number of anilines is 1. The number of piperazine rings is 1. The zero-order chi connectivity index (χ0) is 16.2. The fourth-order valence-corrected chi connectivity index (χ4v) is 2.49. The molecule has 0 bridgehead atoms. The largest absolute Gasteiger partial charge is 0.353 e. The molecule has 0 saturated carbocycles. The van der Waals surface area contributed by atoms with Crippen LogP contribution in [0.2, 0.25) is 0 Å². The Labute approximate surface area is 132 Å². The van der Waals surface area contributed by atoms with E-state index >= 15 is 0 Å². The van der Waals surface area contributed by atoms with Gasteiger partial charge in [-0.05, 0) is 24.0 Å². The van der Waals surface area contributed by atoms with Crippen molar-refractivity contribution in [3.63, 3.8) is 0 Å². The van der Waals surface area contributed by atoms with Gasteiger partial charge in [0.25, 0.3) is 0 Å². The van der Waals surface area contributed by atoms with Crippen LogP contribution in [0.1, 0.15) is 39.2 Å². The summed E-state index contributed by atoms with van der Waals surface area (Å²) in [6.07, 6.45) is 3.19. The summed E-state index contributed by atoms with van der Waals surface area (Å²) in [4.78, 5) is 20.6. The van der Waals surface area contributed by atoms with Gasteiger partial charge in [0.1, 0.15) is 5.82 Å². The van der Waals surface area contributed by atoms with Gasteiger partial charge in [-0.2, -0.15) is 5.26 Å². The predicted octanol–water partition coefficient (Wildman–Crippen LogP) is 2.43. The third-order valence-corrected chi connectivity index (χ3v) is 3.92. The molecular formula is C17H24N4O. The van der Waals surface area contributed by atoms with Gasteiger partial charge in [0.2, 0.25) is 5.91 Å². The number of carbonyl (C=O) groups excluding carboxylic acids is 1. The van der Waals surface area contributed by atoms with E-state index in [-0.39, 0.29) is 11.3 Å². The van der Waals surface area contributed by atoms with E-state index < -0.39 is 0 Å². The summed E-state index contributed by atoms with van der Waals surface area (Å²) in [7, 11) is 0. The summed E-state index contributed by atoms with van der Waals surface area (Å²) in [6, 6.07) is 5.64. The number of nitriles is 1. The molecule has 1 saturated heterocycles. The Bertz CT molecular complexity index is 563. The fraction of sp³-hybridized carbons (Fsp3) is 0.588. The minimum atomic E-state index is 0.194. The number of carbonyl (C=O) groups is 1. The van der Waals surface area contributed by atoms with Crippen LogP contribution in [0.4, 0.5) is 5.82 Å². The summed E-state index contributed by atoms with van der Waals surface area (Å²) < 4.78 is 0. The standard InChI is InChI=1S/C17H24N4O/c1-17(2,3)6-4-16(22)21-10-8-20(9-11-21)15-12-14(13-18)5-7-19-15/h5,7,12H,4,6,8-11H2,1-3H3. The van der Waals surface area contributed by atoms with Crippen molar-refractivity contribution in [2.75, 3.05) is 31.1 Å². The molecule has 0 atom stereocenters. The first-order chi connectivity index (χ1) is 10.4. The summed E-state index contributed by atoms with van der Waals surface area (Å²) in [5.74, 6) is 1.06. The molecule has 1 fully saturated rings. The Hall–Kier alpha value is -2.09. The molecule has 22 heavy (non-hydrogen) atoms. The third kappa shape index (κ3) is 4.45. The second-order valence-electron chi connectivity index (χ2n) is 6.94. The number of amides is 1. The molecule has 2 rings (SSSR count). The number of nitrogens with zero attached hydrogens (tertiary/aromatic N) is 4. The molecule has 5 nitrogen and oxygen atoms in total. The number of hydrogen-bond donors (Lipinski definition) is 0. The van der Waals surface area contributed by atoms with Gasteiger partial charge in [-0.1, -0.05) is 20.8 Å². The van der Waals surface area contributed by atoms with Crippen LogP contribution in [0.3, 0.4) is 0 Å². The van der Waals surface area contributed by atoms with Gasteiger partial charge in [-0.3, -0.25) is 4.79 Å². The highest BCUT2D eigenvalue weighted by molar-refractivity contribution is 5.76. The van der Waals surface area contributed by atoms with Gasteiger partial charge >= 0.3 is 0 Å². The minimum absolute atomic E-state index is 0.194. The van der Waals surface area contributed by atoms with Gasteiger partial charge in [0, 0.05) is 38.8 Å². The van der Waals surface area contributed by atoms with Gasteiger partial charge < -0.3 is 9.80 Å². The van der Waals surface area contributed by atoms with E-state index in [1.807, 2.05) is 4.90 Å². The van der Waals surface area contributed by atoms with Crippen molar-refractivity contribution in [3.8, 4) is 6.07 Å². The monoisotopic (exact) mass is 300 g/mol. The second-order valence-corrected chi connectivity index (χ2v) is 6.94. The second kappa shape index (κ2) is 6.78.